The molecule has 1 amide bonds. The van der Waals surface area contributed by atoms with Gasteiger partial charge in [-0.25, -0.2) is 0 Å². The third-order valence-electron chi connectivity index (χ3n) is 0.201. The number of primary amides is 1. The monoisotopic (exact) mass is 119 g/mol. The van der Waals surface area contributed by atoms with Crippen LogP contribution in [0, 0.1) is 0 Å². The fourth-order valence-electron chi connectivity index (χ4n) is 0. The van der Waals surface area contributed by atoms with Gasteiger partial charge in [0.2, 0.25) is 5.91 Å². The second kappa shape index (κ2) is 4.92. The van der Waals surface area contributed by atoms with Gasteiger partial charge in [0, 0.05) is 0 Å². The predicted octanol–water partition coefficient (Wildman–Crippen LogP) is -0.345. The Balaban J connectivity index is 0. The van der Waals surface area contributed by atoms with E-state index in [1.54, 1.807) is 0 Å². The van der Waals surface area contributed by atoms with Crippen molar-refractivity contribution in [2.24, 2.45) is 5.73 Å². The number of nitrogens with two attached hydrogens (primary N) is 1. The molecule has 3 heteroatoms. The molecule has 0 radical (unpaired) electrons. The maximum Gasteiger partial charge on any atom is 2.00 e. The van der Waals surface area contributed by atoms with E-state index in [0.717, 1.165) is 6.08 Å². The van der Waals surface area contributed by atoms with Crippen LogP contribution >= 0.6 is 0 Å². The van der Waals surface area contributed by atoms with Crippen molar-refractivity contribution >= 4 is 5.91 Å². The molecule has 0 aromatic rings. The number of carbonyl (C=O) groups is 1. The van der Waals surface area contributed by atoms with Crippen LogP contribution in [0.15, 0.2) is 12.7 Å². The number of amides is 1. The molecule has 0 bridgehead atoms. The number of hydrogen-bond acceptors (Lipinski definition) is 1. The first-order valence-corrected chi connectivity index (χ1v) is 1.19. The molecule has 0 aromatic heterocycles. The number of carbonyl (C=O) groups excluding carboxylic acids is 1. The maximum absolute atomic E-state index is 9.47. The summed E-state index contributed by atoms with van der Waals surface area (Å²) in [6.07, 6.45) is 1.06. The molecule has 0 spiro atoms. The van der Waals surface area contributed by atoms with Crippen LogP contribution in [-0.2, 0) is 26.5 Å². The largest absolute Gasteiger partial charge is 2.00 e. The Labute approximate surface area is 51.3 Å². The van der Waals surface area contributed by atoms with Gasteiger partial charge in [0.05, 0.1) is 0 Å². The molecule has 0 heterocycles. The molecule has 2 N–H and O–H groups in total. The first-order valence-electron chi connectivity index (χ1n) is 1.19. The summed E-state index contributed by atoms with van der Waals surface area (Å²) < 4.78 is 0. The maximum atomic E-state index is 9.47. The van der Waals surface area contributed by atoms with E-state index >= 15 is 0 Å². The normalized spacial score (nSPS) is 5.33. The molecule has 0 aliphatic carbocycles. The molecule has 0 aromatic carbocycles. The van der Waals surface area contributed by atoms with Crippen LogP contribution in [0.1, 0.15) is 0 Å². The van der Waals surface area contributed by atoms with E-state index in [0.29, 0.717) is 0 Å². The van der Waals surface area contributed by atoms with Gasteiger partial charge in [-0.3, -0.25) is 4.79 Å². The van der Waals surface area contributed by atoms with Crippen molar-refractivity contribution < 1.29 is 26.5 Å². The van der Waals surface area contributed by atoms with E-state index in [2.05, 4.69) is 12.3 Å². The zero-order chi connectivity index (χ0) is 4.28. The molecule has 0 aliphatic rings. The first kappa shape index (κ1) is 9.33. The van der Waals surface area contributed by atoms with E-state index in [4.69, 9.17) is 0 Å². The van der Waals surface area contributed by atoms with Gasteiger partial charge in [-0.2, -0.15) is 0 Å². The summed E-state index contributed by atoms with van der Waals surface area (Å²) in [5.41, 5.74) is 4.53. The zero-order valence-electron chi connectivity index (χ0n) is 3.27. The van der Waals surface area contributed by atoms with Gasteiger partial charge in [0.15, 0.2) is 0 Å². The molecule has 0 saturated carbocycles. The van der Waals surface area contributed by atoms with E-state index < -0.39 is 5.91 Å². The molecule has 0 aliphatic heterocycles. The molecule has 0 unspecified atom stereocenters. The predicted molar refractivity (Wildman–Crippen MR) is 19.4 cm³/mol. The summed E-state index contributed by atoms with van der Waals surface area (Å²) in [5.74, 6) is -0.481. The molecular formula is C3H5NOTi+2. The molecule has 2 nitrogen and oxygen atoms in total. The fourth-order valence-corrected chi connectivity index (χ4v) is 0. The Hall–Kier alpha value is -0.0757. The summed E-state index contributed by atoms with van der Waals surface area (Å²) in [4.78, 5) is 9.47. The van der Waals surface area contributed by atoms with Crippen molar-refractivity contribution in [2.75, 3.05) is 0 Å². The van der Waals surface area contributed by atoms with Gasteiger partial charge in [0.25, 0.3) is 0 Å². The summed E-state index contributed by atoms with van der Waals surface area (Å²) in [5, 5.41) is 0. The van der Waals surface area contributed by atoms with E-state index in [1.807, 2.05) is 0 Å². The third-order valence-corrected chi connectivity index (χ3v) is 0.201. The first-order chi connectivity index (χ1) is 2.27. The van der Waals surface area contributed by atoms with E-state index in [-0.39, 0.29) is 21.7 Å². The second-order valence-electron chi connectivity index (χ2n) is 0.606. The van der Waals surface area contributed by atoms with Crippen LogP contribution < -0.4 is 5.73 Å². The summed E-state index contributed by atoms with van der Waals surface area (Å²) in [6.45, 7) is 3.09. The molecular weight excluding hydrogens is 114 g/mol. The molecule has 6 heavy (non-hydrogen) atoms. The molecule has 0 fully saturated rings. The summed E-state index contributed by atoms with van der Waals surface area (Å²) in [7, 11) is 0. The van der Waals surface area contributed by atoms with Gasteiger partial charge < -0.3 is 5.73 Å². The van der Waals surface area contributed by atoms with Crippen LogP contribution in [-0.4, -0.2) is 5.91 Å². The van der Waals surface area contributed by atoms with Crippen molar-refractivity contribution in [1.29, 1.82) is 0 Å². The number of hydrogen-bond donors (Lipinski definition) is 1. The SMILES string of the molecule is C=CC(N)=O.[Ti+2]. The third kappa shape index (κ3) is 9.06. The Morgan fingerprint density at radius 3 is 2.00 bits per heavy atom. The Kier molecular flexibility index (Phi) is 7.66. The van der Waals surface area contributed by atoms with Crippen molar-refractivity contribution in [2.45, 2.75) is 0 Å². The molecule has 0 rings (SSSR count). The van der Waals surface area contributed by atoms with Gasteiger partial charge in [-0.15, -0.1) is 0 Å². The van der Waals surface area contributed by atoms with E-state index in [9.17, 15) is 4.79 Å². The van der Waals surface area contributed by atoms with E-state index in [1.165, 1.54) is 0 Å². The minimum Gasteiger partial charge on any atom is -0.366 e. The van der Waals surface area contributed by atoms with Crippen molar-refractivity contribution in [3.05, 3.63) is 12.7 Å². The van der Waals surface area contributed by atoms with Crippen LogP contribution in [0.4, 0.5) is 0 Å². The van der Waals surface area contributed by atoms with Gasteiger partial charge in [-0.1, -0.05) is 6.58 Å². The van der Waals surface area contributed by atoms with Crippen LogP contribution in [0.2, 0.25) is 0 Å². The average Bonchev–Trinajstić information content (AvgIpc) is 1.38. The Morgan fingerprint density at radius 2 is 2.00 bits per heavy atom. The van der Waals surface area contributed by atoms with Crippen LogP contribution in [0.5, 0.6) is 0 Å². The Morgan fingerprint density at radius 1 is 1.83 bits per heavy atom. The van der Waals surface area contributed by atoms with Crippen molar-refractivity contribution in [3.63, 3.8) is 0 Å². The minimum absolute atomic E-state index is 0. The van der Waals surface area contributed by atoms with Gasteiger partial charge in [-0.05, 0) is 6.08 Å². The van der Waals surface area contributed by atoms with Gasteiger partial charge in [0.1, 0.15) is 0 Å². The standard InChI is InChI=1S/C3H5NO.Ti/c1-2-3(4)5;/h2H,1H2,(H2,4,5);/q;+2. The fraction of sp³-hybridized carbons (Fsp3) is 0. The quantitative estimate of drug-likeness (QED) is 0.372. The topological polar surface area (TPSA) is 43.1 Å². The van der Waals surface area contributed by atoms with Crippen LogP contribution in [0.25, 0.3) is 0 Å². The average molecular weight is 119 g/mol. The van der Waals surface area contributed by atoms with Crippen molar-refractivity contribution in [3.8, 4) is 0 Å². The molecule has 0 saturated heterocycles. The summed E-state index contributed by atoms with van der Waals surface area (Å²) in [6, 6.07) is 0. The smallest absolute Gasteiger partial charge is 0.366 e. The minimum atomic E-state index is -0.481. The van der Waals surface area contributed by atoms with Crippen LogP contribution in [0.3, 0.4) is 0 Å². The molecule has 30 valence electrons. The second-order valence-corrected chi connectivity index (χ2v) is 0.606. The van der Waals surface area contributed by atoms with Gasteiger partial charge >= 0.3 is 21.7 Å². The zero-order valence-corrected chi connectivity index (χ0v) is 4.83. The number of rotatable bonds is 1. The Bertz CT molecular complexity index is 61.8. The summed E-state index contributed by atoms with van der Waals surface area (Å²) >= 11 is 0. The molecule has 0 atom stereocenters. The van der Waals surface area contributed by atoms with Crippen molar-refractivity contribution in [1.82, 2.24) is 0 Å².